The molecule has 0 spiro atoms. The molecule has 0 aromatic carbocycles. The number of thioether (sulfide) groups is 1. The average molecular weight is 283 g/mol. The van der Waals surface area contributed by atoms with E-state index in [0.717, 1.165) is 18.6 Å². The zero-order chi connectivity index (χ0) is 13.8. The van der Waals surface area contributed by atoms with E-state index < -0.39 is 5.97 Å². The van der Waals surface area contributed by atoms with Gasteiger partial charge in [-0.15, -0.1) is 11.8 Å². The van der Waals surface area contributed by atoms with Crippen molar-refractivity contribution in [3.8, 4) is 0 Å². The Morgan fingerprint density at radius 1 is 1.53 bits per heavy atom. The highest BCUT2D eigenvalue weighted by Gasteiger charge is 2.22. The van der Waals surface area contributed by atoms with Crippen LogP contribution >= 0.6 is 11.8 Å². The predicted molar refractivity (Wildman–Crippen MR) is 72.3 cm³/mol. The fourth-order valence-corrected chi connectivity index (χ4v) is 3.30. The van der Waals surface area contributed by atoms with E-state index in [4.69, 9.17) is 9.52 Å². The molecule has 2 heterocycles. The quantitative estimate of drug-likeness (QED) is 0.885. The van der Waals surface area contributed by atoms with Crippen LogP contribution in [-0.2, 0) is 11.3 Å². The third kappa shape index (κ3) is 3.53. The highest BCUT2D eigenvalue weighted by Crippen LogP contribution is 2.25. The number of carbonyl (C=O) groups is 2. The molecule has 1 atom stereocenters. The van der Waals surface area contributed by atoms with E-state index in [1.165, 1.54) is 12.5 Å². The second-order valence-corrected chi connectivity index (χ2v) is 5.87. The molecule has 5 nitrogen and oxygen atoms in total. The van der Waals surface area contributed by atoms with Crippen molar-refractivity contribution in [3.05, 3.63) is 23.2 Å². The lowest BCUT2D eigenvalue weighted by Crippen LogP contribution is -2.33. The van der Waals surface area contributed by atoms with Gasteiger partial charge in [-0.05, 0) is 31.6 Å². The molecule has 6 heteroatoms. The molecule has 2 rings (SSSR count). The lowest BCUT2D eigenvalue weighted by Gasteiger charge is -2.20. The van der Waals surface area contributed by atoms with E-state index in [2.05, 4.69) is 5.32 Å². The molecule has 0 radical (unpaired) electrons. The molecule has 1 aliphatic rings. The van der Waals surface area contributed by atoms with Crippen molar-refractivity contribution in [1.29, 1.82) is 0 Å². The van der Waals surface area contributed by atoms with Crippen molar-refractivity contribution in [2.75, 3.05) is 5.75 Å². The van der Waals surface area contributed by atoms with Gasteiger partial charge in [0.1, 0.15) is 17.1 Å². The van der Waals surface area contributed by atoms with Crippen LogP contribution in [0.15, 0.2) is 10.5 Å². The molecule has 2 N–H and O–H groups in total. The van der Waals surface area contributed by atoms with Crippen LogP contribution in [0, 0.1) is 6.92 Å². The molecule has 1 aliphatic heterocycles. The average Bonchev–Trinajstić information content (AvgIpc) is 2.78. The molecular formula is C13H17NO4S. The minimum absolute atomic E-state index is 0.00984. The molecule has 1 aromatic heterocycles. The van der Waals surface area contributed by atoms with Crippen molar-refractivity contribution in [1.82, 2.24) is 5.32 Å². The molecule has 0 bridgehead atoms. The topological polar surface area (TPSA) is 79.5 Å². The number of hydrogen-bond acceptors (Lipinski definition) is 4. The first-order chi connectivity index (χ1) is 9.08. The molecular weight excluding hydrogens is 266 g/mol. The van der Waals surface area contributed by atoms with Gasteiger partial charge in [0, 0.05) is 0 Å². The van der Waals surface area contributed by atoms with Gasteiger partial charge in [-0.25, -0.2) is 4.79 Å². The number of carboxylic acids is 1. The molecule has 19 heavy (non-hydrogen) atoms. The van der Waals surface area contributed by atoms with Gasteiger partial charge in [-0.3, -0.25) is 4.79 Å². The number of carbonyl (C=O) groups excluding carboxylic acids is 1. The molecule has 1 fully saturated rings. The number of aromatic carboxylic acids is 1. The Bertz CT molecular complexity index is 477. The predicted octanol–water partition coefficient (Wildman–Crippen LogP) is 2.19. The van der Waals surface area contributed by atoms with Gasteiger partial charge in [0.25, 0.3) is 0 Å². The highest BCUT2D eigenvalue weighted by molar-refractivity contribution is 8.00. The SMILES string of the molecule is Cc1oc(CNC(=O)C2CCCCS2)cc1C(=O)O. The van der Waals surface area contributed by atoms with Crippen molar-refractivity contribution in [2.24, 2.45) is 0 Å². The highest BCUT2D eigenvalue weighted by atomic mass is 32.2. The largest absolute Gasteiger partial charge is 0.478 e. The van der Waals surface area contributed by atoms with E-state index in [0.29, 0.717) is 11.5 Å². The van der Waals surface area contributed by atoms with Gasteiger partial charge in [0.05, 0.1) is 11.8 Å². The monoisotopic (exact) mass is 283 g/mol. The normalized spacial score (nSPS) is 19.1. The van der Waals surface area contributed by atoms with Gasteiger partial charge < -0.3 is 14.8 Å². The molecule has 1 saturated heterocycles. The van der Waals surface area contributed by atoms with Crippen LogP contribution in [0.1, 0.15) is 41.1 Å². The summed E-state index contributed by atoms with van der Waals surface area (Å²) in [4.78, 5) is 22.8. The summed E-state index contributed by atoms with van der Waals surface area (Å²) in [5.74, 6) is 0.867. The third-order valence-corrected chi connectivity index (χ3v) is 4.48. The fourth-order valence-electron chi connectivity index (χ4n) is 2.08. The van der Waals surface area contributed by atoms with Crippen molar-refractivity contribution in [2.45, 2.75) is 38.0 Å². The van der Waals surface area contributed by atoms with E-state index in [1.54, 1.807) is 18.7 Å². The van der Waals surface area contributed by atoms with Crippen LogP contribution in [-0.4, -0.2) is 28.0 Å². The standard InChI is InChI=1S/C13H17NO4S/c1-8-10(13(16)17)6-9(18-8)7-14-12(15)11-4-2-3-5-19-11/h6,11H,2-5,7H2,1H3,(H,14,15)(H,16,17). The first-order valence-corrected chi connectivity index (χ1v) is 7.34. The molecule has 1 aromatic rings. The summed E-state index contributed by atoms with van der Waals surface area (Å²) in [7, 11) is 0. The van der Waals surface area contributed by atoms with Crippen molar-refractivity contribution in [3.63, 3.8) is 0 Å². The van der Waals surface area contributed by atoms with Crippen LogP contribution in [0.3, 0.4) is 0 Å². The number of carboxylic acid groups (broad SMARTS) is 1. The zero-order valence-electron chi connectivity index (χ0n) is 10.8. The first-order valence-electron chi connectivity index (χ1n) is 6.30. The number of amides is 1. The number of nitrogens with one attached hydrogen (secondary N) is 1. The van der Waals surface area contributed by atoms with Crippen LogP contribution < -0.4 is 5.32 Å². The smallest absolute Gasteiger partial charge is 0.339 e. The first kappa shape index (κ1) is 14.0. The Morgan fingerprint density at radius 3 is 2.89 bits per heavy atom. The number of furan rings is 1. The number of aryl methyl sites for hydroxylation is 1. The van der Waals surface area contributed by atoms with Crippen molar-refractivity contribution >= 4 is 23.6 Å². The summed E-state index contributed by atoms with van der Waals surface area (Å²) in [6.07, 6.45) is 3.18. The summed E-state index contributed by atoms with van der Waals surface area (Å²) in [5.41, 5.74) is 0.149. The minimum atomic E-state index is -1.01. The molecule has 0 saturated carbocycles. The van der Waals surface area contributed by atoms with Crippen LogP contribution in [0.4, 0.5) is 0 Å². The van der Waals surface area contributed by atoms with Gasteiger partial charge in [0.15, 0.2) is 0 Å². The maximum Gasteiger partial charge on any atom is 0.339 e. The Hall–Kier alpha value is -1.43. The Morgan fingerprint density at radius 2 is 2.32 bits per heavy atom. The second kappa shape index (κ2) is 6.14. The third-order valence-electron chi connectivity index (χ3n) is 3.11. The molecule has 1 unspecified atom stereocenters. The van der Waals surface area contributed by atoms with Crippen LogP contribution in [0.2, 0.25) is 0 Å². The van der Waals surface area contributed by atoms with Crippen LogP contribution in [0.5, 0.6) is 0 Å². The van der Waals surface area contributed by atoms with E-state index in [1.807, 2.05) is 0 Å². The summed E-state index contributed by atoms with van der Waals surface area (Å²) in [5, 5.41) is 11.7. The maximum atomic E-state index is 11.9. The second-order valence-electron chi connectivity index (χ2n) is 4.56. The number of rotatable bonds is 4. The fraction of sp³-hybridized carbons (Fsp3) is 0.538. The summed E-state index contributed by atoms with van der Waals surface area (Å²) in [6, 6.07) is 1.46. The Labute approximate surface area is 115 Å². The minimum Gasteiger partial charge on any atom is -0.478 e. The number of hydrogen-bond donors (Lipinski definition) is 2. The van der Waals surface area contributed by atoms with Crippen molar-refractivity contribution < 1.29 is 19.1 Å². The van der Waals surface area contributed by atoms with Crippen LogP contribution in [0.25, 0.3) is 0 Å². The Kier molecular flexibility index (Phi) is 4.52. The molecule has 104 valence electrons. The summed E-state index contributed by atoms with van der Waals surface area (Å²) >= 11 is 1.68. The summed E-state index contributed by atoms with van der Waals surface area (Å²) < 4.78 is 5.31. The van der Waals surface area contributed by atoms with Gasteiger partial charge in [0.2, 0.25) is 5.91 Å². The van der Waals surface area contributed by atoms with E-state index >= 15 is 0 Å². The van der Waals surface area contributed by atoms with Gasteiger partial charge in [-0.2, -0.15) is 0 Å². The molecule has 1 amide bonds. The van der Waals surface area contributed by atoms with Gasteiger partial charge >= 0.3 is 5.97 Å². The Balaban J connectivity index is 1.89. The lowest BCUT2D eigenvalue weighted by molar-refractivity contribution is -0.121. The van der Waals surface area contributed by atoms with E-state index in [-0.39, 0.29) is 23.3 Å². The maximum absolute atomic E-state index is 11.9. The van der Waals surface area contributed by atoms with Gasteiger partial charge in [-0.1, -0.05) is 6.42 Å². The molecule has 0 aliphatic carbocycles. The summed E-state index contributed by atoms with van der Waals surface area (Å²) in [6.45, 7) is 1.84. The zero-order valence-corrected chi connectivity index (χ0v) is 11.6. The van der Waals surface area contributed by atoms with E-state index in [9.17, 15) is 9.59 Å². The lowest BCUT2D eigenvalue weighted by atomic mass is 10.2.